The minimum atomic E-state index is -0.533. The first-order valence-electron chi connectivity index (χ1n) is 6.08. The maximum absolute atomic E-state index is 13.2. The molecular weight excluding hydrogens is 290 g/mol. The monoisotopic (exact) mass is 306 g/mol. The maximum atomic E-state index is 13.2. The van der Waals surface area contributed by atoms with Gasteiger partial charge in [-0.15, -0.1) is 12.4 Å². The van der Waals surface area contributed by atoms with Gasteiger partial charge in [-0.3, -0.25) is 4.79 Å². The third-order valence-electron chi connectivity index (χ3n) is 3.27. The van der Waals surface area contributed by atoms with Gasteiger partial charge in [-0.25, -0.2) is 4.39 Å². The standard InChI is InChI=1S/C13H16ClFN2O.ClH/c14-11-5-4-10(7-12(11)15)17-13(18)8-2-1-3-9(16)6-8;/h4-5,7-9H,1-3,6,16H2,(H,17,18);1H. The first-order valence-corrected chi connectivity index (χ1v) is 6.45. The molecule has 1 aromatic rings. The summed E-state index contributed by atoms with van der Waals surface area (Å²) in [6.07, 6.45) is 3.48. The molecular formula is C13H17Cl2FN2O. The number of carbonyl (C=O) groups is 1. The number of halogens is 3. The lowest BCUT2D eigenvalue weighted by Gasteiger charge is -2.25. The van der Waals surface area contributed by atoms with E-state index < -0.39 is 5.82 Å². The molecule has 106 valence electrons. The van der Waals surface area contributed by atoms with E-state index in [0.29, 0.717) is 12.1 Å². The minimum Gasteiger partial charge on any atom is -0.328 e. The Labute approximate surface area is 123 Å². The quantitative estimate of drug-likeness (QED) is 0.880. The van der Waals surface area contributed by atoms with Crippen LogP contribution in [0.2, 0.25) is 5.02 Å². The van der Waals surface area contributed by atoms with Crippen LogP contribution in [0.4, 0.5) is 10.1 Å². The van der Waals surface area contributed by atoms with Gasteiger partial charge in [0.2, 0.25) is 5.91 Å². The van der Waals surface area contributed by atoms with Crippen LogP contribution in [0.15, 0.2) is 18.2 Å². The Kier molecular flexibility index (Phi) is 6.04. The van der Waals surface area contributed by atoms with Crippen molar-refractivity contribution >= 4 is 35.6 Å². The van der Waals surface area contributed by atoms with Gasteiger partial charge in [0.05, 0.1) is 5.02 Å². The van der Waals surface area contributed by atoms with E-state index in [2.05, 4.69) is 5.32 Å². The number of carbonyl (C=O) groups excluding carboxylic acids is 1. The maximum Gasteiger partial charge on any atom is 0.227 e. The van der Waals surface area contributed by atoms with Crippen molar-refractivity contribution in [3.05, 3.63) is 29.0 Å². The zero-order valence-corrected chi connectivity index (χ0v) is 11.9. The van der Waals surface area contributed by atoms with Crippen LogP contribution in [-0.4, -0.2) is 11.9 Å². The molecule has 0 spiro atoms. The van der Waals surface area contributed by atoms with Crippen LogP contribution in [0, 0.1) is 11.7 Å². The van der Waals surface area contributed by atoms with Crippen molar-refractivity contribution in [2.45, 2.75) is 31.7 Å². The Morgan fingerprint density at radius 2 is 2.16 bits per heavy atom. The van der Waals surface area contributed by atoms with Crippen LogP contribution in [0.3, 0.4) is 0 Å². The van der Waals surface area contributed by atoms with Gasteiger partial charge in [-0.2, -0.15) is 0 Å². The van der Waals surface area contributed by atoms with Gasteiger partial charge < -0.3 is 11.1 Å². The topological polar surface area (TPSA) is 55.1 Å². The molecule has 1 amide bonds. The lowest BCUT2D eigenvalue weighted by Crippen LogP contribution is -2.34. The van der Waals surface area contributed by atoms with Gasteiger partial charge in [-0.05, 0) is 37.5 Å². The van der Waals surface area contributed by atoms with Crippen LogP contribution >= 0.6 is 24.0 Å². The second-order valence-electron chi connectivity index (χ2n) is 4.74. The van der Waals surface area contributed by atoms with E-state index in [4.69, 9.17) is 17.3 Å². The predicted molar refractivity (Wildman–Crippen MR) is 77.2 cm³/mol. The third kappa shape index (κ3) is 4.34. The Balaban J connectivity index is 0.00000180. The molecule has 6 heteroatoms. The number of nitrogens with two attached hydrogens (primary N) is 1. The summed E-state index contributed by atoms with van der Waals surface area (Å²) >= 11 is 5.58. The molecule has 1 aromatic carbocycles. The molecule has 0 saturated heterocycles. The zero-order chi connectivity index (χ0) is 13.1. The Morgan fingerprint density at radius 3 is 2.79 bits per heavy atom. The van der Waals surface area contributed by atoms with E-state index in [1.54, 1.807) is 6.07 Å². The highest BCUT2D eigenvalue weighted by Crippen LogP contribution is 2.25. The lowest BCUT2D eigenvalue weighted by atomic mass is 9.85. The summed E-state index contributed by atoms with van der Waals surface area (Å²) in [4.78, 5) is 12.0. The fourth-order valence-electron chi connectivity index (χ4n) is 2.28. The molecule has 1 aliphatic rings. The largest absolute Gasteiger partial charge is 0.328 e. The summed E-state index contributed by atoms with van der Waals surface area (Å²) in [5.41, 5.74) is 6.27. The molecule has 0 radical (unpaired) electrons. The first-order chi connectivity index (χ1) is 8.56. The van der Waals surface area contributed by atoms with Crippen molar-refractivity contribution in [2.75, 3.05) is 5.32 Å². The van der Waals surface area contributed by atoms with Crippen LogP contribution < -0.4 is 11.1 Å². The van der Waals surface area contributed by atoms with Crippen molar-refractivity contribution in [3.63, 3.8) is 0 Å². The highest BCUT2D eigenvalue weighted by atomic mass is 35.5. The van der Waals surface area contributed by atoms with Gasteiger partial charge in [-0.1, -0.05) is 18.0 Å². The summed E-state index contributed by atoms with van der Waals surface area (Å²) in [5.74, 6) is -0.700. The summed E-state index contributed by atoms with van der Waals surface area (Å²) in [6.45, 7) is 0. The van der Waals surface area contributed by atoms with Crippen LogP contribution in [0.25, 0.3) is 0 Å². The van der Waals surface area contributed by atoms with Crippen molar-refractivity contribution in [2.24, 2.45) is 11.7 Å². The molecule has 2 atom stereocenters. The van der Waals surface area contributed by atoms with E-state index in [0.717, 1.165) is 19.3 Å². The van der Waals surface area contributed by atoms with Gasteiger partial charge in [0.25, 0.3) is 0 Å². The van der Waals surface area contributed by atoms with E-state index in [9.17, 15) is 9.18 Å². The van der Waals surface area contributed by atoms with Crippen molar-refractivity contribution in [1.82, 2.24) is 0 Å². The van der Waals surface area contributed by atoms with Gasteiger partial charge in [0.15, 0.2) is 0 Å². The lowest BCUT2D eigenvalue weighted by molar-refractivity contribution is -0.120. The van der Waals surface area contributed by atoms with E-state index >= 15 is 0 Å². The number of benzene rings is 1. The summed E-state index contributed by atoms with van der Waals surface area (Å²) in [6, 6.07) is 4.34. The molecule has 0 heterocycles. The van der Waals surface area contributed by atoms with E-state index in [-0.39, 0.29) is 35.3 Å². The van der Waals surface area contributed by atoms with Gasteiger partial charge >= 0.3 is 0 Å². The average Bonchev–Trinajstić information content (AvgIpc) is 2.34. The molecule has 2 rings (SSSR count). The van der Waals surface area contributed by atoms with Crippen LogP contribution in [-0.2, 0) is 4.79 Å². The van der Waals surface area contributed by atoms with Crippen molar-refractivity contribution in [3.8, 4) is 0 Å². The van der Waals surface area contributed by atoms with Crippen molar-refractivity contribution in [1.29, 1.82) is 0 Å². The zero-order valence-electron chi connectivity index (χ0n) is 10.4. The number of hydrogen-bond acceptors (Lipinski definition) is 2. The van der Waals surface area contributed by atoms with Crippen molar-refractivity contribution < 1.29 is 9.18 Å². The Morgan fingerprint density at radius 1 is 1.42 bits per heavy atom. The van der Waals surface area contributed by atoms with Gasteiger partial charge in [0, 0.05) is 17.6 Å². The fraction of sp³-hybridized carbons (Fsp3) is 0.462. The Hall–Kier alpha value is -0.840. The molecule has 19 heavy (non-hydrogen) atoms. The van der Waals surface area contributed by atoms with Crippen LogP contribution in [0.5, 0.6) is 0 Å². The smallest absolute Gasteiger partial charge is 0.227 e. The number of rotatable bonds is 2. The molecule has 2 unspecified atom stereocenters. The first kappa shape index (κ1) is 16.2. The highest BCUT2D eigenvalue weighted by molar-refractivity contribution is 6.30. The minimum absolute atomic E-state index is 0. The van der Waals surface area contributed by atoms with E-state index in [1.165, 1.54) is 12.1 Å². The number of hydrogen-bond donors (Lipinski definition) is 2. The molecule has 3 nitrogen and oxygen atoms in total. The molecule has 1 aliphatic carbocycles. The molecule has 0 aliphatic heterocycles. The molecule has 1 fully saturated rings. The normalized spacial score (nSPS) is 22.5. The molecule has 3 N–H and O–H groups in total. The summed E-state index contributed by atoms with van der Waals surface area (Å²) < 4.78 is 13.2. The predicted octanol–water partition coefficient (Wildman–Crippen LogP) is 3.36. The van der Waals surface area contributed by atoms with Gasteiger partial charge in [0.1, 0.15) is 5.82 Å². The summed E-state index contributed by atoms with van der Waals surface area (Å²) in [7, 11) is 0. The molecule has 0 bridgehead atoms. The average molecular weight is 307 g/mol. The number of amides is 1. The van der Waals surface area contributed by atoms with Crippen LogP contribution in [0.1, 0.15) is 25.7 Å². The van der Waals surface area contributed by atoms with E-state index in [1.807, 2.05) is 0 Å². The second kappa shape index (κ2) is 7.08. The Bertz CT molecular complexity index is 456. The SMILES string of the molecule is Cl.NC1CCCC(C(=O)Nc2ccc(Cl)c(F)c2)C1. The highest BCUT2D eigenvalue weighted by Gasteiger charge is 2.25. The number of nitrogens with one attached hydrogen (secondary N) is 1. The molecule has 1 saturated carbocycles. The second-order valence-corrected chi connectivity index (χ2v) is 5.15. The third-order valence-corrected chi connectivity index (χ3v) is 3.58. The molecule has 0 aromatic heterocycles. The summed E-state index contributed by atoms with van der Waals surface area (Å²) in [5, 5.41) is 2.76. The number of anilines is 1. The fourth-order valence-corrected chi connectivity index (χ4v) is 2.40.